The molecule has 1 nitrogen and oxygen atoms in total. The quantitative estimate of drug-likeness (QED) is 0.297. The predicted octanol–water partition coefficient (Wildman–Crippen LogP) is 6.62. The Balaban J connectivity index is 1.77. The van der Waals surface area contributed by atoms with E-state index < -0.39 is 0 Å². The van der Waals surface area contributed by atoms with Crippen LogP contribution in [0.15, 0.2) is 103 Å². The molecule has 0 saturated heterocycles. The van der Waals surface area contributed by atoms with E-state index in [1.165, 1.54) is 33.4 Å². The van der Waals surface area contributed by atoms with Crippen LogP contribution in [0, 0.1) is 0 Å². The molecule has 1 heteroatoms. The molecule has 4 aromatic carbocycles. The molecule has 0 aromatic heterocycles. The zero-order valence-electron chi connectivity index (χ0n) is 16.5. The number of nitrogen functional groups attached to an aromatic ring is 1. The minimum Gasteiger partial charge on any atom is -0.398 e. The van der Waals surface area contributed by atoms with Gasteiger partial charge >= 0.3 is 0 Å². The third kappa shape index (κ3) is 4.83. The molecule has 0 saturated carbocycles. The zero-order chi connectivity index (χ0) is 19.9. The van der Waals surface area contributed by atoms with Crippen molar-refractivity contribution >= 4 is 17.8 Å². The molecule has 0 spiro atoms. The van der Waals surface area contributed by atoms with Gasteiger partial charge in [-0.05, 0) is 52.3 Å². The standard InChI is InChI=1S/C28H25N/c29-28-19-18-25(17-16-22-10-4-1-5-11-22)26(20-23-12-6-2-7-13-23)27(28)21-24-14-8-3-9-15-24/h1-19H,20-21,29H2. The molecule has 0 radical (unpaired) electrons. The van der Waals surface area contributed by atoms with E-state index in [0.29, 0.717) is 0 Å². The zero-order valence-corrected chi connectivity index (χ0v) is 16.5. The highest BCUT2D eigenvalue weighted by molar-refractivity contribution is 5.74. The monoisotopic (exact) mass is 375 g/mol. The van der Waals surface area contributed by atoms with Crippen LogP contribution in [0.25, 0.3) is 12.2 Å². The molecule has 0 aliphatic carbocycles. The molecule has 29 heavy (non-hydrogen) atoms. The van der Waals surface area contributed by atoms with Crippen molar-refractivity contribution in [1.82, 2.24) is 0 Å². The smallest absolute Gasteiger partial charge is 0.0353 e. The van der Waals surface area contributed by atoms with Crippen molar-refractivity contribution in [1.29, 1.82) is 0 Å². The molecule has 0 heterocycles. The molecule has 0 bridgehead atoms. The van der Waals surface area contributed by atoms with Gasteiger partial charge in [0, 0.05) is 5.69 Å². The highest BCUT2D eigenvalue weighted by Crippen LogP contribution is 2.28. The molecule has 4 aromatic rings. The summed E-state index contributed by atoms with van der Waals surface area (Å²) >= 11 is 0. The van der Waals surface area contributed by atoms with Crippen LogP contribution in [0.3, 0.4) is 0 Å². The van der Waals surface area contributed by atoms with Crippen molar-refractivity contribution in [3.05, 3.63) is 137 Å². The van der Waals surface area contributed by atoms with Crippen molar-refractivity contribution in [3.63, 3.8) is 0 Å². The molecule has 4 rings (SSSR count). The third-order valence-electron chi connectivity index (χ3n) is 5.21. The molecule has 0 unspecified atom stereocenters. The van der Waals surface area contributed by atoms with E-state index in [-0.39, 0.29) is 0 Å². The molecular weight excluding hydrogens is 350 g/mol. The van der Waals surface area contributed by atoms with E-state index in [4.69, 9.17) is 5.73 Å². The normalized spacial score (nSPS) is 11.0. The van der Waals surface area contributed by atoms with Crippen molar-refractivity contribution in [3.8, 4) is 0 Å². The van der Waals surface area contributed by atoms with E-state index in [1.54, 1.807) is 0 Å². The Labute approximate surface area is 173 Å². The fourth-order valence-electron chi connectivity index (χ4n) is 3.65. The van der Waals surface area contributed by atoms with Gasteiger partial charge in [-0.15, -0.1) is 0 Å². The van der Waals surface area contributed by atoms with E-state index >= 15 is 0 Å². The summed E-state index contributed by atoms with van der Waals surface area (Å²) in [5.74, 6) is 0. The molecule has 0 amide bonds. The van der Waals surface area contributed by atoms with Gasteiger partial charge in [0.15, 0.2) is 0 Å². The van der Waals surface area contributed by atoms with Crippen LogP contribution in [0.5, 0.6) is 0 Å². The van der Waals surface area contributed by atoms with Gasteiger partial charge in [0.1, 0.15) is 0 Å². The van der Waals surface area contributed by atoms with Crippen LogP contribution in [-0.4, -0.2) is 0 Å². The highest BCUT2D eigenvalue weighted by atomic mass is 14.6. The molecular formula is C28H25N. The van der Waals surface area contributed by atoms with Crippen LogP contribution in [0.2, 0.25) is 0 Å². The van der Waals surface area contributed by atoms with Crippen molar-refractivity contribution in [2.45, 2.75) is 12.8 Å². The average Bonchev–Trinajstić information content (AvgIpc) is 2.78. The summed E-state index contributed by atoms with van der Waals surface area (Å²) in [4.78, 5) is 0. The number of anilines is 1. The Hall–Kier alpha value is -3.58. The van der Waals surface area contributed by atoms with Gasteiger partial charge < -0.3 is 5.73 Å². The summed E-state index contributed by atoms with van der Waals surface area (Å²) in [6, 6.07) is 35.8. The van der Waals surface area contributed by atoms with Crippen LogP contribution >= 0.6 is 0 Å². The second kappa shape index (κ2) is 9.07. The first-order chi connectivity index (χ1) is 14.3. The second-order valence-electron chi connectivity index (χ2n) is 7.27. The molecule has 0 aliphatic rings. The maximum absolute atomic E-state index is 6.47. The first kappa shape index (κ1) is 18.8. The largest absolute Gasteiger partial charge is 0.398 e. The van der Waals surface area contributed by atoms with Gasteiger partial charge in [0.25, 0.3) is 0 Å². The minimum absolute atomic E-state index is 0.835. The fourth-order valence-corrected chi connectivity index (χ4v) is 3.65. The lowest BCUT2D eigenvalue weighted by molar-refractivity contribution is 1.09. The lowest BCUT2D eigenvalue weighted by Gasteiger charge is -2.16. The highest BCUT2D eigenvalue weighted by Gasteiger charge is 2.12. The Bertz CT molecular complexity index is 1080. The second-order valence-corrected chi connectivity index (χ2v) is 7.27. The number of benzene rings is 4. The maximum atomic E-state index is 6.47. The molecule has 0 atom stereocenters. The number of hydrogen-bond acceptors (Lipinski definition) is 1. The third-order valence-corrected chi connectivity index (χ3v) is 5.21. The van der Waals surface area contributed by atoms with E-state index in [1.807, 2.05) is 12.1 Å². The minimum atomic E-state index is 0.835. The van der Waals surface area contributed by atoms with Gasteiger partial charge in [-0.1, -0.05) is 109 Å². The van der Waals surface area contributed by atoms with Gasteiger partial charge in [-0.25, -0.2) is 0 Å². The summed E-state index contributed by atoms with van der Waals surface area (Å²) in [5.41, 5.74) is 14.8. The number of rotatable bonds is 6. The molecule has 2 N–H and O–H groups in total. The summed E-state index contributed by atoms with van der Waals surface area (Å²) in [6.07, 6.45) is 6.08. The fraction of sp³-hybridized carbons (Fsp3) is 0.0714. The van der Waals surface area contributed by atoms with Gasteiger partial charge in [-0.2, -0.15) is 0 Å². The first-order valence-electron chi connectivity index (χ1n) is 10.0. The van der Waals surface area contributed by atoms with Crippen LogP contribution in [0.1, 0.15) is 33.4 Å². The van der Waals surface area contributed by atoms with Gasteiger partial charge in [0.05, 0.1) is 0 Å². The van der Waals surface area contributed by atoms with E-state index in [0.717, 1.165) is 18.5 Å². The van der Waals surface area contributed by atoms with Crippen molar-refractivity contribution in [2.24, 2.45) is 0 Å². The molecule has 0 fully saturated rings. The SMILES string of the molecule is Nc1ccc(C=Cc2ccccc2)c(Cc2ccccc2)c1Cc1ccccc1. The van der Waals surface area contributed by atoms with Crippen molar-refractivity contribution in [2.75, 3.05) is 5.73 Å². The summed E-state index contributed by atoms with van der Waals surface area (Å²) in [7, 11) is 0. The van der Waals surface area contributed by atoms with Crippen LogP contribution < -0.4 is 5.73 Å². The summed E-state index contributed by atoms with van der Waals surface area (Å²) in [6.45, 7) is 0. The van der Waals surface area contributed by atoms with Crippen LogP contribution in [-0.2, 0) is 12.8 Å². The number of hydrogen-bond donors (Lipinski definition) is 1. The predicted molar refractivity (Wildman–Crippen MR) is 125 cm³/mol. The Kier molecular flexibility index (Phi) is 5.87. The summed E-state index contributed by atoms with van der Waals surface area (Å²) in [5, 5.41) is 0. The maximum Gasteiger partial charge on any atom is 0.0353 e. The van der Waals surface area contributed by atoms with E-state index in [9.17, 15) is 0 Å². The topological polar surface area (TPSA) is 26.0 Å². The van der Waals surface area contributed by atoms with Gasteiger partial charge in [-0.3, -0.25) is 0 Å². The molecule has 0 aliphatic heterocycles. The lowest BCUT2D eigenvalue weighted by Crippen LogP contribution is -2.04. The van der Waals surface area contributed by atoms with Crippen LogP contribution in [0.4, 0.5) is 5.69 Å². The average molecular weight is 376 g/mol. The van der Waals surface area contributed by atoms with E-state index in [2.05, 4.69) is 103 Å². The number of nitrogens with two attached hydrogens (primary N) is 1. The lowest BCUT2D eigenvalue weighted by atomic mass is 9.89. The summed E-state index contributed by atoms with van der Waals surface area (Å²) < 4.78 is 0. The Morgan fingerprint density at radius 1 is 0.517 bits per heavy atom. The Morgan fingerprint density at radius 2 is 1.03 bits per heavy atom. The first-order valence-corrected chi connectivity index (χ1v) is 10.0. The van der Waals surface area contributed by atoms with Crippen molar-refractivity contribution < 1.29 is 0 Å². The van der Waals surface area contributed by atoms with Gasteiger partial charge in [0.2, 0.25) is 0 Å². The Morgan fingerprint density at radius 3 is 1.62 bits per heavy atom. The molecule has 142 valence electrons.